The molecule has 0 aromatic heterocycles. The maximum atomic E-state index is 13.9. The summed E-state index contributed by atoms with van der Waals surface area (Å²) in [5.74, 6) is -0.587. The lowest BCUT2D eigenvalue weighted by Crippen LogP contribution is -2.45. The van der Waals surface area contributed by atoms with Gasteiger partial charge in [0.2, 0.25) is 0 Å². The Morgan fingerprint density at radius 2 is 2.33 bits per heavy atom. The normalized spacial score (nSPS) is 19.0. The maximum Gasteiger partial charge on any atom is 0.323 e. The molecule has 4 nitrogen and oxygen atoms in total. The lowest BCUT2D eigenvalue weighted by atomic mass is 10.0. The highest BCUT2D eigenvalue weighted by Gasteiger charge is 2.30. The molecule has 2 rings (SSSR count). The number of nitriles is 1. The van der Waals surface area contributed by atoms with Crippen LogP contribution >= 0.6 is 0 Å². The molecule has 1 heterocycles. The molecule has 0 saturated carbocycles. The zero-order valence-corrected chi connectivity index (χ0v) is 12.1. The van der Waals surface area contributed by atoms with E-state index in [0.717, 1.165) is 25.8 Å². The second kappa shape index (κ2) is 7.19. The Balaban J connectivity index is 2.16. The molecule has 1 aliphatic rings. The van der Waals surface area contributed by atoms with Crippen LogP contribution in [-0.2, 0) is 16.1 Å². The minimum absolute atomic E-state index is 0.242. The predicted octanol–water partition coefficient (Wildman–Crippen LogP) is 2.61. The van der Waals surface area contributed by atoms with Gasteiger partial charge >= 0.3 is 5.97 Å². The number of carbonyl (C=O) groups excluding carboxylic acids is 1. The van der Waals surface area contributed by atoms with Crippen LogP contribution in [0.4, 0.5) is 4.39 Å². The minimum atomic E-state index is -0.345. The number of halogens is 1. The van der Waals surface area contributed by atoms with Gasteiger partial charge in [0.15, 0.2) is 0 Å². The van der Waals surface area contributed by atoms with Gasteiger partial charge in [-0.2, -0.15) is 5.26 Å². The molecule has 1 saturated heterocycles. The summed E-state index contributed by atoms with van der Waals surface area (Å²) < 4.78 is 19.0. The summed E-state index contributed by atoms with van der Waals surface area (Å²) in [6, 6.07) is 6.00. The van der Waals surface area contributed by atoms with Gasteiger partial charge in [0.25, 0.3) is 0 Å². The van der Waals surface area contributed by atoms with Crippen LogP contribution in [0.15, 0.2) is 18.2 Å². The number of esters is 1. The Morgan fingerprint density at radius 1 is 1.52 bits per heavy atom. The van der Waals surface area contributed by atoms with Crippen molar-refractivity contribution >= 4 is 5.97 Å². The van der Waals surface area contributed by atoms with E-state index in [1.54, 1.807) is 13.0 Å². The third-order valence-electron chi connectivity index (χ3n) is 3.72. The molecule has 0 N–H and O–H groups in total. The Kier molecular flexibility index (Phi) is 5.29. The summed E-state index contributed by atoms with van der Waals surface area (Å²) in [7, 11) is 0. The van der Waals surface area contributed by atoms with Crippen molar-refractivity contribution in [1.82, 2.24) is 4.90 Å². The van der Waals surface area contributed by atoms with Crippen molar-refractivity contribution in [2.75, 3.05) is 13.2 Å². The Bertz CT molecular complexity index is 554. The predicted molar refractivity (Wildman–Crippen MR) is 75.8 cm³/mol. The number of rotatable bonds is 4. The van der Waals surface area contributed by atoms with Gasteiger partial charge in [-0.3, -0.25) is 9.69 Å². The van der Waals surface area contributed by atoms with Gasteiger partial charge in [-0.05, 0) is 44.5 Å². The summed E-state index contributed by atoms with van der Waals surface area (Å²) in [5.41, 5.74) is 0.876. The van der Waals surface area contributed by atoms with E-state index in [9.17, 15) is 9.18 Å². The van der Waals surface area contributed by atoms with E-state index in [2.05, 4.69) is 0 Å². The molecule has 1 atom stereocenters. The molecule has 5 heteroatoms. The number of nitrogens with zero attached hydrogens (tertiary/aromatic N) is 2. The summed E-state index contributed by atoms with van der Waals surface area (Å²) >= 11 is 0. The molecule has 0 spiro atoms. The van der Waals surface area contributed by atoms with Crippen LogP contribution in [0.5, 0.6) is 0 Å². The molecule has 0 aliphatic carbocycles. The second-order valence-corrected chi connectivity index (χ2v) is 5.15. The minimum Gasteiger partial charge on any atom is -0.465 e. The van der Waals surface area contributed by atoms with Crippen molar-refractivity contribution in [1.29, 1.82) is 5.26 Å². The third kappa shape index (κ3) is 3.79. The van der Waals surface area contributed by atoms with E-state index in [4.69, 9.17) is 10.00 Å². The third-order valence-corrected chi connectivity index (χ3v) is 3.72. The Hall–Kier alpha value is -1.93. The zero-order valence-electron chi connectivity index (χ0n) is 12.1. The van der Waals surface area contributed by atoms with E-state index < -0.39 is 0 Å². The molecule has 21 heavy (non-hydrogen) atoms. The molecule has 0 amide bonds. The fourth-order valence-electron chi connectivity index (χ4n) is 2.67. The lowest BCUT2D eigenvalue weighted by Gasteiger charge is -2.34. The molecular formula is C16H19FN2O2. The first-order chi connectivity index (χ1) is 10.2. The van der Waals surface area contributed by atoms with Gasteiger partial charge < -0.3 is 4.74 Å². The maximum absolute atomic E-state index is 13.9. The molecule has 1 aliphatic heterocycles. The fraction of sp³-hybridized carbons (Fsp3) is 0.500. The largest absolute Gasteiger partial charge is 0.465 e. The van der Waals surface area contributed by atoms with E-state index in [1.165, 1.54) is 12.1 Å². The fourth-order valence-corrected chi connectivity index (χ4v) is 2.67. The highest BCUT2D eigenvalue weighted by atomic mass is 19.1. The van der Waals surface area contributed by atoms with Gasteiger partial charge in [0.05, 0.1) is 18.2 Å². The highest BCUT2D eigenvalue weighted by molar-refractivity contribution is 5.75. The number of carbonyl (C=O) groups is 1. The van der Waals surface area contributed by atoms with Crippen molar-refractivity contribution < 1.29 is 13.9 Å². The Labute approximate surface area is 124 Å². The second-order valence-electron chi connectivity index (χ2n) is 5.15. The smallest absolute Gasteiger partial charge is 0.323 e. The first kappa shape index (κ1) is 15.5. The first-order valence-corrected chi connectivity index (χ1v) is 7.25. The SMILES string of the molecule is CCOC(=O)C1CCCCN1Cc1cc(C#N)ccc1F. The standard InChI is InChI=1S/C16H19FN2O2/c1-2-21-16(20)15-5-3-4-8-19(15)11-13-9-12(10-18)6-7-14(13)17/h6-7,9,15H,2-5,8,11H2,1H3. The summed E-state index contributed by atoms with van der Waals surface area (Å²) in [6.45, 7) is 3.19. The van der Waals surface area contributed by atoms with Crippen molar-refractivity contribution in [3.05, 3.63) is 35.1 Å². The van der Waals surface area contributed by atoms with E-state index in [0.29, 0.717) is 24.3 Å². The quantitative estimate of drug-likeness (QED) is 0.800. The zero-order chi connectivity index (χ0) is 15.2. The average Bonchev–Trinajstić information content (AvgIpc) is 2.50. The topological polar surface area (TPSA) is 53.3 Å². The number of likely N-dealkylation sites (tertiary alicyclic amines) is 1. The van der Waals surface area contributed by atoms with Crippen LogP contribution in [0.25, 0.3) is 0 Å². The van der Waals surface area contributed by atoms with Crippen molar-refractivity contribution in [2.45, 2.75) is 38.8 Å². The number of benzene rings is 1. The van der Waals surface area contributed by atoms with Crippen molar-refractivity contribution in [3.8, 4) is 6.07 Å². The van der Waals surface area contributed by atoms with Gasteiger partial charge in [0, 0.05) is 12.1 Å². The summed E-state index contributed by atoms with van der Waals surface area (Å²) in [4.78, 5) is 13.9. The van der Waals surface area contributed by atoms with Crippen molar-refractivity contribution in [2.24, 2.45) is 0 Å². The average molecular weight is 290 g/mol. The van der Waals surface area contributed by atoms with E-state index >= 15 is 0 Å². The van der Waals surface area contributed by atoms with Crippen LogP contribution in [0.2, 0.25) is 0 Å². The molecule has 1 fully saturated rings. The number of piperidine rings is 1. The van der Waals surface area contributed by atoms with Gasteiger partial charge in [0.1, 0.15) is 11.9 Å². The van der Waals surface area contributed by atoms with Crippen LogP contribution in [-0.4, -0.2) is 30.1 Å². The molecule has 0 bridgehead atoms. The van der Waals surface area contributed by atoms with Crippen LogP contribution in [0.1, 0.15) is 37.3 Å². The molecule has 1 aromatic carbocycles. The van der Waals surface area contributed by atoms with Gasteiger partial charge in [-0.1, -0.05) is 6.42 Å². The molecular weight excluding hydrogens is 271 g/mol. The van der Waals surface area contributed by atoms with Crippen LogP contribution in [0.3, 0.4) is 0 Å². The molecule has 0 radical (unpaired) electrons. The monoisotopic (exact) mass is 290 g/mol. The number of ether oxygens (including phenoxy) is 1. The summed E-state index contributed by atoms with van der Waals surface area (Å²) in [6.07, 6.45) is 2.69. The molecule has 112 valence electrons. The highest BCUT2D eigenvalue weighted by Crippen LogP contribution is 2.22. The van der Waals surface area contributed by atoms with Crippen molar-refractivity contribution in [3.63, 3.8) is 0 Å². The molecule has 1 unspecified atom stereocenters. The lowest BCUT2D eigenvalue weighted by molar-refractivity contribution is -0.151. The number of hydrogen-bond donors (Lipinski definition) is 0. The van der Waals surface area contributed by atoms with Gasteiger partial charge in [-0.25, -0.2) is 4.39 Å². The summed E-state index contributed by atoms with van der Waals surface area (Å²) in [5, 5.41) is 8.91. The molecule has 1 aromatic rings. The number of hydrogen-bond acceptors (Lipinski definition) is 4. The first-order valence-electron chi connectivity index (χ1n) is 7.25. The Morgan fingerprint density at radius 3 is 3.05 bits per heavy atom. The van der Waals surface area contributed by atoms with Crippen LogP contribution in [0, 0.1) is 17.1 Å². The van der Waals surface area contributed by atoms with Gasteiger partial charge in [-0.15, -0.1) is 0 Å². The van der Waals surface area contributed by atoms with Crippen LogP contribution < -0.4 is 0 Å². The van der Waals surface area contributed by atoms with E-state index in [1.807, 2.05) is 11.0 Å². The van der Waals surface area contributed by atoms with E-state index in [-0.39, 0.29) is 17.8 Å².